The lowest BCUT2D eigenvalue weighted by Crippen LogP contribution is -3.00. The highest BCUT2D eigenvalue weighted by atomic mass is 35.5. The predicted molar refractivity (Wildman–Crippen MR) is 104 cm³/mol. The molecule has 0 saturated heterocycles. The fourth-order valence-corrected chi connectivity index (χ4v) is 3.32. The molecule has 0 aliphatic carbocycles. The Hall–Kier alpha value is -0.280. The average Bonchev–Trinajstić information content (AvgIpc) is 2.64. The highest BCUT2D eigenvalue weighted by Crippen LogP contribution is 2.13. The van der Waals surface area contributed by atoms with Gasteiger partial charge in [0.2, 0.25) is 0 Å². The second-order valence-electron chi connectivity index (χ2n) is 6.54. The van der Waals surface area contributed by atoms with Gasteiger partial charge in [-0.05, 0) is 48.5 Å². The Morgan fingerprint density at radius 3 is 1.08 bits per heavy atom. The van der Waals surface area contributed by atoms with Crippen LogP contribution in [-0.4, -0.2) is 54.8 Å². The average molecular weight is 393 g/mol. The molecule has 0 aromatic heterocycles. The van der Waals surface area contributed by atoms with Gasteiger partial charge >= 0.3 is 0 Å². The quantitative estimate of drug-likeness (QED) is 0.470. The van der Waals surface area contributed by atoms with Crippen LogP contribution in [0, 0.1) is 0 Å². The number of rotatable bonds is 9. The topological polar surface area (TPSA) is 0 Å². The fourth-order valence-electron chi connectivity index (χ4n) is 3.32. The van der Waals surface area contributed by atoms with Crippen LogP contribution in [-0.2, 0) is 6.54 Å². The van der Waals surface area contributed by atoms with E-state index in [4.69, 9.17) is 0 Å². The third-order valence-corrected chi connectivity index (χ3v) is 6.06. The standard InChI is InChI=1S/C13H22N.C8H20N.2ClH/c1-4-14(5-2,6-3)12-13-10-8-7-9-11-13;1-5-9(6-2,7-3)8-4;;/h7-11H,4-6,12H2,1-3H3;5-8H2,1-4H3;2*1H/q2*+1;;/p-2. The molecular weight excluding hydrogens is 351 g/mol. The minimum absolute atomic E-state index is 0. The SMILES string of the molecule is CC[N+](CC)(CC)CC.CC[N+](CC)(CC)Cc1ccccc1.[Cl-].[Cl-]. The molecule has 0 unspecified atom stereocenters. The molecule has 1 aromatic rings. The summed E-state index contributed by atoms with van der Waals surface area (Å²) in [6, 6.07) is 10.8. The van der Waals surface area contributed by atoms with Crippen LogP contribution in [0.4, 0.5) is 0 Å². The largest absolute Gasteiger partial charge is 1.00 e. The van der Waals surface area contributed by atoms with E-state index in [0.717, 1.165) is 0 Å². The Balaban J connectivity index is -0.000000390. The first-order valence-electron chi connectivity index (χ1n) is 9.74. The Morgan fingerprint density at radius 1 is 0.520 bits per heavy atom. The molecule has 0 bridgehead atoms. The van der Waals surface area contributed by atoms with E-state index in [1.54, 1.807) is 0 Å². The van der Waals surface area contributed by atoms with Crippen LogP contribution in [0.3, 0.4) is 0 Å². The van der Waals surface area contributed by atoms with E-state index in [1.165, 1.54) is 66.9 Å². The summed E-state index contributed by atoms with van der Waals surface area (Å²) in [5, 5.41) is 0. The van der Waals surface area contributed by atoms with E-state index in [2.05, 4.69) is 78.8 Å². The van der Waals surface area contributed by atoms with Crippen LogP contribution in [0.5, 0.6) is 0 Å². The monoisotopic (exact) mass is 392 g/mol. The maximum atomic E-state index is 2.29. The third-order valence-electron chi connectivity index (χ3n) is 6.06. The molecule has 25 heavy (non-hydrogen) atoms. The molecule has 1 rings (SSSR count). The van der Waals surface area contributed by atoms with Crippen molar-refractivity contribution in [3.8, 4) is 0 Å². The van der Waals surface area contributed by atoms with Crippen LogP contribution in [0.2, 0.25) is 0 Å². The minimum atomic E-state index is 0. The lowest BCUT2D eigenvalue weighted by atomic mass is 10.2. The summed E-state index contributed by atoms with van der Waals surface area (Å²) >= 11 is 0. The van der Waals surface area contributed by atoms with Gasteiger partial charge in [-0.1, -0.05) is 30.3 Å². The summed E-state index contributed by atoms with van der Waals surface area (Å²) in [4.78, 5) is 0. The highest BCUT2D eigenvalue weighted by Gasteiger charge is 2.20. The summed E-state index contributed by atoms with van der Waals surface area (Å²) in [6.45, 7) is 25.9. The first-order chi connectivity index (χ1) is 11.0. The van der Waals surface area contributed by atoms with Crippen molar-refractivity contribution in [3.63, 3.8) is 0 Å². The van der Waals surface area contributed by atoms with Gasteiger partial charge in [0.15, 0.2) is 0 Å². The Bertz CT molecular complexity index is 362. The van der Waals surface area contributed by atoms with Crippen LogP contribution in [0.1, 0.15) is 54.0 Å². The van der Waals surface area contributed by atoms with E-state index >= 15 is 0 Å². The molecule has 0 atom stereocenters. The fraction of sp³-hybridized carbons (Fsp3) is 0.714. The predicted octanol–water partition coefficient (Wildman–Crippen LogP) is -1.05. The molecule has 1 aromatic carbocycles. The molecule has 0 fully saturated rings. The van der Waals surface area contributed by atoms with Gasteiger partial charge in [0, 0.05) is 5.56 Å². The maximum absolute atomic E-state index is 2.29. The summed E-state index contributed by atoms with van der Waals surface area (Å²) in [7, 11) is 0. The molecule has 0 N–H and O–H groups in total. The molecule has 0 saturated carbocycles. The molecule has 2 nitrogen and oxygen atoms in total. The first kappa shape index (κ1) is 29.5. The summed E-state index contributed by atoms with van der Waals surface area (Å²) < 4.78 is 2.48. The zero-order valence-corrected chi connectivity index (χ0v) is 19.2. The van der Waals surface area contributed by atoms with Gasteiger partial charge in [-0.2, -0.15) is 0 Å². The van der Waals surface area contributed by atoms with E-state index in [0.29, 0.717) is 0 Å². The van der Waals surface area contributed by atoms with Gasteiger partial charge in [0.25, 0.3) is 0 Å². The molecule has 0 heterocycles. The summed E-state index contributed by atoms with van der Waals surface area (Å²) in [6.07, 6.45) is 0. The first-order valence-corrected chi connectivity index (χ1v) is 9.74. The van der Waals surface area contributed by atoms with Gasteiger partial charge in [0.05, 0.1) is 45.8 Å². The van der Waals surface area contributed by atoms with E-state index in [9.17, 15) is 0 Å². The van der Waals surface area contributed by atoms with E-state index < -0.39 is 0 Å². The Morgan fingerprint density at radius 2 is 0.840 bits per heavy atom. The van der Waals surface area contributed by atoms with E-state index in [-0.39, 0.29) is 24.8 Å². The van der Waals surface area contributed by atoms with Crippen molar-refractivity contribution in [1.82, 2.24) is 0 Å². The van der Waals surface area contributed by atoms with Crippen LogP contribution in [0.15, 0.2) is 30.3 Å². The Kier molecular flexibility index (Phi) is 18.8. The van der Waals surface area contributed by atoms with Gasteiger partial charge in [-0.3, -0.25) is 0 Å². The third kappa shape index (κ3) is 9.84. The van der Waals surface area contributed by atoms with Gasteiger partial charge in [-0.25, -0.2) is 0 Å². The van der Waals surface area contributed by atoms with Crippen LogP contribution < -0.4 is 24.8 Å². The lowest BCUT2D eigenvalue weighted by Gasteiger charge is -2.35. The maximum Gasteiger partial charge on any atom is 0.104 e. The highest BCUT2D eigenvalue weighted by molar-refractivity contribution is 5.13. The van der Waals surface area contributed by atoms with E-state index in [1.807, 2.05) is 0 Å². The lowest BCUT2D eigenvalue weighted by molar-refractivity contribution is -0.936. The molecule has 0 radical (unpaired) electrons. The van der Waals surface area contributed by atoms with Crippen molar-refractivity contribution in [2.45, 2.75) is 55.0 Å². The molecule has 150 valence electrons. The summed E-state index contributed by atoms with van der Waals surface area (Å²) in [5.74, 6) is 0. The number of quaternary nitrogens is 2. The van der Waals surface area contributed by atoms with Crippen molar-refractivity contribution < 1.29 is 33.8 Å². The number of hydrogen-bond acceptors (Lipinski definition) is 0. The molecule has 0 aliphatic rings. The summed E-state index contributed by atoms with van der Waals surface area (Å²) in [5.41, 5.74) is 1.46. The Labute approximate surface area is 170 Å². The number of halogens is 2. The smallest absolute Gasteiger partial charge is 0.104 e. The van der Waals surface area contributed by atoms with Gasteiger partial charge in [-0.15, -0.1) is 0 Å². The van der Waals surface area contributed by atoms with Crippen molar-refractivity contribution in [2.75, 3.05) is 45.8 Å². The second-order valence-corrected chi connectivity index (χ2v) is 6.54. The van der Waals surface area contributed by atoms with Crippen LogP contribution in [0.25, 0.3) is 0 Å². The number of benzene rings is 1. The molecular formula is C21H42Cl2N2. The molecule has 0 amide bonds. The number of nitrogens with zero attached hydrogens (tertiary/aromatic N) is 2. The zero-order valence-electron chi connectivity index (χ0n) is 17.7. The molecule has 4 heteroatoms. The molecule has 0 aliphatic heterocycles. The van der Waals surface area contributed by atoms with Crippen molar-refractivity contribution in [1.29, 1.82) is 0 Å². The second kappa shape index (κ2) is 15.9. The van der Waals surface area contributed by atoms with Crippen molar-refractivity contribution in [2.24, 2.45) is 0 Å². The number of hydrogen-bond donors (Lipinski definition) is 0. The minimum Gasteiger partial charge on any atom is -1.00 e. The van der Waals surface area contributed by atoms with Gasteiger partial charge < -0.3 is 33.8 Å². The van der Waals surface area contributed by atoms with Crippen molar-refractivity contribution in [3.05, 3.63) is 35.9 Å². The zero-order chi connectivity index (χ0) is 17.8. The normalized spacial score (nSPS) is 10.8. The van der Waals surface area contributed by atoms with Crippen LogP contribution >= 0.6 is 0 Å². The van der Waals surface area contributed by atoms with Crippen molar-refractivity contribution >= 4 is 0 Å². The molecule has 0 spiro atoms. The van der Waals surface area contributed by atoms with Gasteiger partial charge in [0.1, 0.15) is 6.54 Å².